The first kappa shape index (κ1) is 17.8. The maximum Gasteiger partial charge on any atom is 0.262 e. The summed E-state index contributed by atoms with van der Waals surface area (Å²) in [6.07, 6.45) is -0.729. The summed E-state index contributed by atoms with van der Waals surface area (Å²) in [5.74, 6) is 0.764. The minimum atomic E-state index is -0.922. The van der Waals surface area contributed by atoms with Crippen LogP contribution in [0, 0.1) is 17.2 Å². The SMILES string of the molecule is CCOc1ccccc1O[C@H](C)C(=O)N[C@@](C)(C#N)C(C)C. The highest BCUT2D eigenvalue weighted by Crippen LogP contribution is 2.27. The minimum absolute atomic E-state index is 0.00985. The van der Waals surface area contributed by atoms with Gasteiger partial charge >= 0.3 is 0 Å². The summed E-state index contributed by atoms with van der Waals surface area (Å²) < 4.78 is 11.2. The third kappa shape index (κ3) is 4.39. The van der Waals surface area contributed by atoms with Crippen LogP contribution in [0.15, 0.2) is 24.3 Å². The lowest BCUT2D eigenvalue weighted by molar-refractivity contribution is -0.129. The van der Waals surface area contributed by atoms with E-state index in [1.807, 2.05) is 32.9 Å². The Bertz CT molecular complexity index is 551. The van der Waals surface area contributed by atoms with Crippen LogP contribution in [-0.2, 0) is 4.79 Å². The standard InChI is InChI=1S/C17H24N2O3/c1-6-21-14-9-7-8-10-15(14)22-13(4)16(20)19-17(5,11-18)12(2)3/h7-10,12-13H,6H2,1-5H3,(H,19,20)/t13-,17+/m1/s1. The maximum atomic E-state index is 12.3. The monoisotopic (exact) mass is 304 g/mol. The van der Waals surface area contributed by atoms with Crippen LogP contribution in [0.5, 0.6) is 11.5 Å². The molecule has 0 heterocycles. The predicted octanol–water partition coefficient (Wildman–Crippen LogP) is 2.91. The highest BCUT2D eigenvalue weighted by molar-refractivity contribution is 5.82. The van der Waals surface area contributed by atoms with Crippen LogP contribution in [0.2, 0.25) is 0 Å². The Balaban J connectivity index is 2.79. The Morgan fingerprint density at radius 1 is 1.32 bits per heavy atom. The molecule has 1 aromatic rings. The Kier molecular flexibility index (Phi) is 6.24. The zero-order valence-electron chi connectivity index (χ0n) is 13.8. The molecule has 0 aliphatic carbocycles. The van der Waals surface area contributed by atoms with Gasteiger partial charge in [0.05, 0.1) is 12.7 Å². The molecule has 22 heavy (non-hydrogen) atoms. The fraction of sp³-hybridized carbons (Fsp3) is 0.529. The largest absolute Gasteiger partial charge is 0.490 e. The van der Waals surface area contributed by atoms with Gasteiger partial charge in [-0.1, -0.05) is 26.0 Å². The fourth-order valence-corrected chi connectivity index (χ4v) is 1.73. The molecule has 2 atom stereocenters. The third-order valence-electron chi connectivity index (χ3n) is 3.59. The molecule has 0 unspecified atom stereocenters. The van der Waals surface area contributed by atoms with Crippen LogP contribution >= 0.6 is 0 Å². The molecule has 0 fully saturated rings. The summed E-state index contributed by atoms with van der Waals surface area (Å²) in [4.78, 5) is 12.3. The number of para-hydroxylation sites is 2. The van der Waals surface area contributed by atoms with Crippen molar-refractivity contribution in [2.24, 2.45) is 5.92 Å². The van der Waals surface area contributed by atoms with Crippen molar-refractivity contribution >= 4 is 5.91 Å². The Morgan fingerprint density at radius 3 is 2.41 bits per heavy atom. The molecular weight excluding hydrogens is 280 g/mol. The molecule has 120 valence electrons. The average Bonchev–Trinajstić information content (AvgIpc) is 2.49. The van der Waals surface area contributed by atoms with Crippen LogP contribution in [0.3, 0.4) is 0 Å². The van der Waals surface area contributed by atoms with Crippen molar-refractivity contribution in [1.82, 2.24) is 5.32 Å². The molecular formula is C17H24N2O3. The van der Waals surface area contributed by atoms with Gasteiger partial charge in [0, 0.05) is 0 Å². The molecule has 0 saturated heterocycles. The number of nitrogens with zero attached hydrogens (tertiary/aromatic N) is 1. The Hall–Kier alpha value is -2.22. The maximum absolute atomic E-state index is 12.3. The zero-order valence-corrected chi connectivity index (χ0v) is 13.8. The second-order valence-electron chi connectivity index (χ2n) is 5.60. The molecule has 0 aliphatic heterocycles. The number of rotatable bonds is 7. The van der Waals surface area contributed by atoms with Crippen LogP contribution < -0.4 is 14.8 Å². The topological polar surface area (TPSA) is 71.3 Å². The number of amides is 1. The number of hydrogen-bond acceptors (Lipinski definition) is 4. The smallest absolute Gasteiger partial charge is 0.262 e. The second kappa shape index (κ2) is 7.69. The lowest BCUT2D eigenvalue weighted by atomic mass is 9.90. The molecule has 5 nitrogen and oxygen atoms in total. The molecule has 1 rings (SSSR count). The van der Waals surface area contributed by atoms with E-state index >= 15 is 0 Å². The van der Waals surface area contributed by atoms with Crippen LogP contribution in [-0.4, -0.2) is 24.2 Å². The van der Waals surface area contributed by atoms with E-state index in [0.29, 0.717) is 18.1 Å². The molecule has 0 aliphatic rings. The lowest BCUT2D eigenvalue weighted by Gasteiger charge is -2.29. The van der Waals surface area contributed by atoms with Crippen LogP contribution in [0.1, 0.15) is 34.6 Å². The van der Waals surface area contributed by atoms with E-state index in [-0.39, 0.29) is 11.8 Å². The third-order valence-corrected chi connectivity index (χ3v) is 3.59. The van der Waals surface area contributed by atoms with E-state index in [4.69, 9.17) is 9.47 Å². The van der Waals surface area contributed by atoms with Crippen molar-refractivity contribution in [2.45, 2.75) is 46.3 Å². The lowest BCUT2D eigenvalue weighted by Crippen LogP contribution is -2.52. The zero-order chi connectivity index (χ0) is 16.8. The summed E-state index contributed by atoms with van der Waals surface area (Å²) in [5.41, 5.74) is -0.922. The van der Waals surface area contributed by atoms with E-state index in [9.17, 15) is 10.1 Å². The number of benzene rings is 1. The predicted molar refractivity (Wildman–Crippen MR) is 84.7 cm³/mol. The summed E-state index contributed by atoms with van der Waals surface area (Å²) in [7, 11) is 0. The van der Waals surface area contributed by atoms with Gasteiger partial charge in [0.1, 0.15) is 5.54 Å². The van der Waals surface area contributed by atoms with Gasteiger partial charge in [-0.25, -0.2) is 0 Å². The van der Waals surface area contributed by atoms with Gasteiger partial charge in [0.25, 0.3) is 5.91 Å². The van der Waals surface area contributed by atoms with E-state index in [0.717, 1.165) is 0 Å². The molecule has 0 bridgehead atoms. The first-order valence-corrected chi connectivity index (χ1v) is 7.45. The van der Waals surface area contributed by atoms with Gasteiger partial charge in [-0.2, -0.15) is 5.26 Å². The molecule has 5 heteroatoms. The van der Waals surface area contributed by atoms with Crippen LogP contribution in [0.4, 0.5) is 0 Å². The van der Waals surface area contributed by atoms with Gasteiger partial charge in [0.15, 0.2) is 17.6 Å². The number of carbonyl (C=O) groups is 1. The number of hydrogen-bond donors (Lipinski definition) is 1. The number of ether oxygens (including phenoxy) is 2. The van der Waals surface area contributed by atoms with Crippen molar-refractivity contribution in [3.8, 4) is 17.6 Å². The van der Waals surface area contributed by atoms with Crippen molar-refractivity contribution in [3.63, 3.8) is 0 Å². The van der Waals surface area contributed by atoms with E-state index < -0.39 is 11.6 Å². The van der Waals surface area contributed by atoms with Crippen molar-refractivity contribution in [3.05, 3.63) is 24.3 Å². The molecule has 1 amide bonds. The molecule has 0 spiro atoms. The van der Waals surface area contributed by atoms with Crippen LogP contribution in [0.25, 0.3) is 0 Å². The molecule has 0 saturated carbocycles. The number of nitrogens with one attached hydrogen (secondary N) is 1. The Labute approximate surface area is 132 Å². The molecule has 1 aromatic carbocycles. The Morgan fingerprint density at radius 2 is 1.91 bits per heavy atom. The van der Waals surface area contributed by atoms with Crippen molar-refractivity contribution in [1.29, 1.82) is 5.26 Å². The minimum Gasteiger partial charge on any atom is -0.490 e. The highest BCUT2D eigenvalue weighted by Gasteiger charge is 2.32. The highest BCUT2D eigenvalue weighted by atomic mass is 16.5. The first-order chi connectivity index (χ1) is 10.3. The molecule has 0 radical (unpaired) electrons. The van der Waals surface area contributed by atoms with Crippen molar-refractivity contribution < 1.29 is 14.3 Å². The number of nitriles is 1. The van der Waals surface area contributed by atoms with E-state index in [2.05, 4.69) is 11.4 Å². The molecule has 1 N–H and O–H groups in total. The van der Waals surface area contributed by atoms with Gasteiger partial charge in [-0.15, -0.1) is 0 Å². The summed E-state index contributed by atoms with van der Waals surface area (Å²) in [5, 5.41) is 12.0. The summed E-state index contributed by atoms with van der Waals surface area (Å²) in [6, 6.07) is 9.34. The van der Waals surface area contributed by atoms with Gasteiger partial charge < -0.3 is 14.8 Å². The van der Waals surface area contributed by atoms with Gasteiger partial charge in [-0.05, 0) is 38.8 Å². The quantitative estimate of drug-likeness (QED) is 0.840. The van der Waals surface area contributed by atoms with E-state index in [1.165, 1.54) is 0 Å². The first-order valence-electron chi connectivity index (χ1n) is 7.45. The van der Waals surface area contributed by atoms with Gasteiger partial charge in [-0.3, -0.25) is 4.79 Å². The van der Waals surface area contributed by atoms with Crippen molar-refractivity contribution in [2.75, 3.05) is 6.61 Å². The van der Waals surface area contributed by atoms with Gasteiger partial charge in [0.2, 0.25) is 0 Å². The van der Waals surface area contributed by atoms with E-state index in [1.54, 1.807) is 26.0 Å². The second-order valence-corrected chi connectivity index (χ2v) is 5.60. The normalized spacial score (nSPS) is 14.6. The average molecular weight is 304 g/mol. The summed E-state index contributed by atoms with van der Waals surface area (Å²) >= 11 is 0. The number of carbonyl (C=O) groups excluding carboxylic acids is 1. The summed E-state index contributed by atoms with van der Waals surface area (Å²) in [6.45, 7) is 9.53. The fourth-order valence-electron chi connectivity index (χ4n) is 1.73. The molecule has 0 aromatic heterocycles.